The van der Waals surface area contributed by atoms with E-state index in [0.717, 1.165) is 11.3 Å². The van der Waals surface area contributed by atoms with Crippen LogP contribution in [0.3, 0.4) is 0 Å². The van der Waals surface area contributed by atoms with E-state index in [4.69, 9.17) is 4.74 Å². The van der Waals surface area contributed by atoms with Crippen LogP contribution in [-0.4, -0.2) is 34.1 Å². The van der Waals surface area contributed by atoms with Crippen LogP contribution in [0.2, 0.25) is 0 Å². The maximum Gasteiger partial charge on any atom is 0.301 e. The largest absolute Gasteiger partial charge is 0.507 e. The van der Waals surface area contributed by atoms with Crippen molar-refractivity contribution in [3.63, 3.8) is 0 Å². The Morgan fingerprint density at radius 2 is 1.81 bits per heavy atom. The number of ether oxygens (including phenoxy) is 1. The van der Waals surface area contributed by atoms with Crippen molar-refractivity contribution < 1.29 is 23.8 Å². The summed E-state index contributed by atoms with van der Waals surface area (Å²) < 4.78 is 19.9. The lowest BCUT2D eigenvalue weighted by Gasteiger charge is -2.22. The Labute approximate surface area is 220 Å². The molecule has 5 rings (SSSR count). The Bertz CT molecular complexity index is 1510. The zero-order valence-electron chi connectivity index (χ0n) is 19.5. The van der Waals surface area contributed by atoms with Gasteiger partial charge in [-0.1, -0.05) is 83.8 Å². The maximum absolute atomic E-state index is 14.0. The Morgan fingerprint density at radius 3 is 2.57 bits per heavy atom. The van der Waals surface area contributed by atoms with Gasteiger partial charge in [0, 0.05) is 11.3 Å². The second kappa shape index (κ2) is 10.5. The third-order valence-electron chi connectivity index (χ3n) is 5.81. The number of Topliss-reactive ketones (excluding diaryl/α,β-unsaturated/α-hetero) is 1. The van der Waals surface area contributed by atoms with Gasteiger partial charge in [-0.2, -0.15) is 0 Å². The van der Waals surface area contributed by atoms with Gasteiger partial charge in [0.25, 0.3) is 5.78 Å². The highest BCUT2D eigenvalue weighted by Crippen LogP contribution is 2.44. The van der Waals surface area contributed by atoms with E-state index in [0.29, 0.717) is 32.5 Å². The summed E-state index contributed by atoms with van der Waals surface area (Å²) in [6.45, 7) is 0. The average Bonchev–Trinajstić information content (AvgIpc) is 3.50. The van der Waals surface area contributed by atoms with Crippen molar-refractivity contribution in [3.8, 4) is 5.75 Å². The fraction of sp³-hybridized carbons (Fsp3) is 0.111. The maximum atomic E-state index is 14.0. The minimum atomic E-state index is -0.951. The lowest BCUT2D eigenvalue weighted by Crippen LogP contribution is -2.29. The number of amides is 1. The summed E-state index contributed by atoms with van der Waals surface area (Å²) in [6, 6.07) is 21.0. The lowest BCUT2D eigenvalue weighted by atomic mass is 9.95. The van der Waals surface area contributed by atoms with Crippen LogP contribution in [0.4, 0.5) is 9.52 Å². The summed E-state index contributed by atoms with van der Waals surface area (Å²) in [5.41, 5.74) is 1.43. The first-order valence-corrected chi connectivity index (χ1v) is 13.0. The molecule has 1 unspecified atom stereocenters. The van der Waals surface area contributed by atoms with Gasteiger partial charge in [-0.05, 0) is 29.3 Å². The smallest absolute Gasteiger partial charge is 0.301 e. The molecule has 10 heteroatoms. The molecule has 2 heterocycles. The number of nitrogens with zero attached hydrogens (tertiary/aromatic N) is 3. The molecule has 4 aromatic rings. The molecule has 1 atom stereocenters. The summed E-state index contributed by atoms with van der Waals surface area (Å²) in [6.07, 6.45) is 0. The highest BCUT2D eigenvalue weighted by Gasteiger charge is 2.48. The Hall–Kier alpha value is -4.02. The zero-order chi connectivity index (χ0) is 25.9. The SMILES string of the molecule is COc1cccc(C2/C(=C(/O)c3ccccc3)C(=O)C(=O)N2c2nnc(SCc3ccccc3F)s2)c1. The monoisotopic (exact) mass is 533 g/mol. The molecule has 7 nitrogen and oxygen atoms in total. The normalized spacial score (nSPS) is 16.8. The number of anilines is 1. The third kappa shape index (κ3) is 4.85. The number of aromatic nitrogens is 2. The van der Waals surface area contributed by atoms with E-state index in [-0.39, 0.29) is 22.3 Å². The highest BCUT2D eigenvalue weighted by atomic mass is 32.2. The van der Waals surface area contributed by atoms with E-state index in [2.05, 4.69) is 10.2 Å². The third-order valence-corrected chi connectivity index (χ3v) is 7.92. The molecular formula is C27H20FN3O4S2. The molecule has 0 spiro atoms. The van der Waals surface area contributed by atoms with E-state index in [1.54, 1.807) is 72.8 Å². The molecule has 1 amide bonds. The van der Waals surface area contributed by atoms with Gasteiger partial charge in [-0.15, -0.1) is 10.2 Å². The number of halogens is 1. The second-order valence-electron chi connectivity index (χ2n) is 8.04. The summed E-state index contributed by atoms with van der Waals surface area (Å²) in [4.78, 5) is 27.8. The molecule has 186 valence electrons. The summed E-state index contributed by atoms with van der Waals surface area (Å²) in [7, 11) is 1.52. The standard InChI is InChI=1S/C27H20FN3O4S2/c1-35-19-12-7-11-17(14-19)22-21(23(32)16-8-3-2-4-9-16)24(33)25(34)31(22)26-29-30-27(37-26)36-15-18-10-5-6-13-20(18)28/h2-14,22,32H,15H2,1H3/b23-21-. The fourth-order valence-electron chi connectivity index (χ4n) is 4.02. The minimum Gasteiger partial charge on any atom is -0.507 e. The van der Waals surface area contributed by atoms with Crippen molar-refractivity contribution >= 4 is 45.7 Å². The lowest BCUT2D eigenvalue weighted by molar-refractivity contribution is -0.132. The van der Waals surface area contributed by atoms with Crippen LogP contribution in [0.15, 0.2) is 88.8 Å². The summed E-state index contributed by atoms with van der Waals surface area (Å²) in [5.74, 6) is -1.40. The molecular weight excluding hydrogens is 513 g/mol. The quantitative estimate of drug-likeness (QED) is 0.109. The molecule has 1 fully saturated rings. The van der Waals surface area contributed by atoms with Crippen LogP contribution in [0.1, 0.15) is 22.7 Å². The van der Waals surface area contributed by atoms with Crippen LogP contribution in [-0.2, 0) is 15.3 Å². The van der Waals surface area contributed by atoms with Gasteiger partial charge in [0.2, 0.25) is 5.13 Å². The molecule has 1 N–H and O–H groups in total. The molecule has 1 aliphatic heterocycles. The van der Waals surface area contributed by atoms with Crippen LogP contribution in [0.25, 0.3) is 5.76 Å². The predicted molar refractivity (Wildman–Crippen MR) is 140 cm³/mol. The number of benzene rings is 3. The van der Waals surface area contributed by atoms with Crippen LogP contribution >= 0.6 is 23.1 Å². The Balaban J connectivity index is 1.55. The van der Waals surface area contributed by atoms with E-state index in [1.165, 1.54) is 29.8 Å². The van der Waals surface area contributed by atoms with Crippen LogP contribution in [0.5, 0.6) is 5.75 Å². The molecule has 3 aromatic carbocycles. The Kier molecular flexibility index (Phi) is 7.02. The number of aliphatic hydroxyl groups excluding tert-OH is 1. The first kappa shape index (κ1) is 24.7. The molecule has 0 bridgehead atoms. The van der Waals surface area contributed by atoms with Gasteiger partial charge in [0.1, 0.15) is 17.3 Å². The number of carbonyl (C=O) groups excluding carboxylic acids is 2. The van der Waals surface area contributed by atoms with Gasteiger partial charge in [0.15, 0.2) is 4.34 Å². The van der Waals surface area contributed by atoms with Crippen molar-refractivity contribution in [3.05, 3.63) is 107 Å². The fourth-order valence-corrected chi connectivity index (χ4v) is 5.88. The van der Waals surface area contributed by atoms with Crippen molar-refractivity contribution in [2.45, 2.75) is 16.1 Å². The van der Waals surface area contributed by atoms with Crippen LogP contribution < -0.4 is 9.64 Å². The molecule has 1 saturated heterocycles. The molecule has 1 aromatic heterocycles. The predicted octanol–water partition coefficient (Wildman–Crippen LogP) is 5.60. The number of hydrogen-bond donors (Lipinski definition) is 1. The minimum absolute atomic E-state index is 0.0554. The molecule has 37 heavy (non-hydrogen) atoms. The number of carbonyl (C=O) groups is 2. The van der Waals surface area contributed by atoms with Gasteiger partial charge < -0.3 is 9.84 Å². The number of hydrogen-bond acceptors (Lipinski definition) is 8. The van der Waals surface area contributed by atoms with Crippen LogP contribution in [0, 0.1) is 5.82 Å². The van der Waals surface area contributed by atoms with Crippen molar-refractivity contribution in [1.29, 1.82) is 0 Å². The average molecular weight is 534 g/mol. The van der Waals surface area contributed by atoms with Crippen molar-refractivity contribution in [1.82, 2.24) is 10.2 Å². The second-order valence-corrected chi connectivity index (χ2v) is 10.2. The van der Waals surface area contributed by atoms with Gasteiger partial charge in [0.05, 0.1) is 18.7 Å². The van der Waals surface area contributed by atoms with E-state index in [1.807, 2.05) is 0 Å². The van der Waals surface area contributed by atoms with E-state index >= 15 is 0 Å². The molecule has 0 saturated carbocycles. The van der Waals surface area contributed by atoms with Gasteiger partial charge in [-0.25, -0.2) is 4.39 Å². The summed E-state index contributed by atoms with van der Waals surface area (Å²) >= 11 is 2.39. The summed E-state index contributed by atoms with van der Waals surface area (Å²) in [5, 5.41) is 19.7. The van der Waals surface area contributed by atoms with E-state index < -0.39 is 17.7 Å². The van der Waals surface area contributed by atoms with Crippen molar-refractivity contribution in [2.24, 2.45) is 0 Å². The highest BCUT2D eigenvalue weighted by molar-refractivity contribution is 8.00. The van der Waals surface area contributed by atoms with E-state index in [9.17, 15) is 19.1 Å². The van der Waals surface area contributed by atoms with Gasteiger partial charge >= 0.3 is 5.91 Å². The zero-order valence-corrected chi connectivity index (χ0v) is 21.1. The topological polar surface area (TPSA) is 92.6 Å². The first-order valence-electron chi connectivity index (χ1n) is 11.2. The number of methoxy groups -OCH3 is 1. The number of ketones is 1. The molecule has 0 radical (unpaired) electrons. The number of thioether (sulfide) groups is 1. The van der Waals surface area contributed by atoms with Crippen molar-refractivity contribution in [2.75, 3.05) is 12.0 Å². The molecule has 1 aliphatic rings. The number of rotatable bonds is 7. The first-order chi connectivity index (χ1) is 18.0. The number of aliphatic hydroxyl groups is 1. The van der Waals surface area contributed by atoms with Gasteiger partial charge in [-0.3, -0.25) is 14.5 Å². The Morgan fingerprint density at radius 1 is 1.05 bits per heavy atom. The molecule has 0 aliphatic carbocycles.